The number of carbonyl (C=O) groups is 1. The maximum absolute atomic E-state index is 12.9. The van der Waals surface area contributed by atoms with Crippen LogP contribution in [0.3, 0.4) is 0 Å². The average Bonchev–Trinajstić information content (AvgIpc) is 2.68. The number of ketones is 1. The van der Waals surface area contributed by atoms with E-state index in [4.69, 9.17) is 11.6 Å². The van der Waals surface area contributed by atoms with Crippen LogP contribution in [-0.2, 0) is 6.54 Å². The van der Waals surface area contributed by atoms with E-state index in [1.165, 1.54) is 12.4 Å². The maximum atomic E-state index is 12.9. The Kier molecular flexibility index (Phi) is 4.92. The van der Waals surface area contributed by atoms with E-state index >= 15 is 0 Å². The molecule has 4 rings (SSSR count). The Balaban J connectivity index is 1.75. The molecule has 0 N–H and O–H groups in total. The number of rotatable bonds is 4. The molecule has 0 bridgehead atoms. The van der Waals surface area contributed by atoms with Crippen molar-refractivity contribution >= 4 is 23.3 Å². The molecule has 0 fully saturated rings. The van der Waals surface area contributed by atoms with Crippen molar-refractivity contribution in [2.45, 2.75) is 20.4 Å². The first-order valence-electron chi connectivity index (χ1n) is 9.24. The minimum Gasteiger partial charge on any atom is -0.334 e. The van der Waals surface area contributed by atoms with E-state index in [1.54, 1.807) is 41.1 Å². The van der Waals surface area contributed by atoms with Gasteiger partial charge in [-0.3, -0.25) is 14.2 Å². The van der Waals surface area contributed by atoms with Gasteiger partial charge in [0.1, 0.15) is 6.33 Å². The molecule has 0 amide bonds. The van der Waals surface area contributed by atoms with Gasteiger partial charge in [-0.2, -0.15) is 0 Å². The number of nitrogens with zero attached hydrogens (tertiary/aromatic N) is 5. The van der Waals surface area contributed by atoms with Gasteiger partial charge in [-0.25, -0.2) is 15.0 Å². The number of hydrogen-bond acceptors (Lipinski definition) is 6. The van der Waals surface area contributed by atoms with E-state index < -0.39 is 0 Å². The molecular formula is C21H20ClN5O2. The van der Waals surface area contributed by atoms with Crippen molar-refractivity contribution in [1.82, 2.24) is 19.5 Å². The lowest BCUT2D eigenvalue weighted by Gasteiger charge is -2.40. The molecule has 0 saturated carbocycles. The van der Waals surface area contributed by atoms with Crippen molar-refractivity contribution in [1.29, 1.82) is 0 Å². The quantitative estimate of drug-likeness (QED) is 0.616. The van der Waals surface area contributed by atoms with Crippen molar-refractivity contribution in [3.63, 3.8) is 0 Å². The summed E-state index contributed by atoms with van der Waals surface area (Å²) in [4.78, 5) is 40.4. The second-order valence-electron chi connectivity index (χ2n) is 7.91. The number of fused-ring (bicyclic) bond motifs is 1. The van der Waals surface area contributed by atoms with Crippen molar-refractivity contribution in [3.8, 4) is 11.4 Å². The first-order chi connectivity index (χ1) is 13.8. The molecule has 2 aromatic heterocycles. The van der Waals surface area contributed by atoms with Gasteiger partial charge in [-0.1, -0.05) is 37.6 Å². The smallest absolute Gasteiger partial charge is 0.255 e. The molecule has 29 heavy (non-hydrogen) atoms. The van der Waals surface area contributed by atoms with Gasteiger partial charge in [-0.05, 0) is 18.2 Å². The number of aromatic nitrogens is 4. The predicted molar refractivity (Wildman–Crippen MR) is 111 cm³/mol. The van der Waals surface area contributed by atoms with E-state index in [0.29, 0.717) is 41.0 Å². The largest absolute Gasteiger partial charge is 0.334 e. The summed E-state index contributed by atoms with van der Waals surface area (Å²) < 4.78 is 1.62. The zero-order chi connectivity index (χ0) is 20.6. The average molecular weight is 410 g/mol. The SMILES string of the molecule is CC1(C)CN(CC(=O)c2cccc(Cl)c2)c2nc(-c3ccncn3)cc(=O)n2C1. The summed E-state index contributed by atoms with van der Waals surface area (Å²) in [6, 6.07) is 10.0. The number of halogens is 1. The lowest BCUT2D eigenvalue weighted by atomic mass is 9.90. The summed E-state index contributed by atoms with van der Waals surface area (Å²) in [5.74, 6) is 0.388. The molecule has 1 aliphatic heterocycles. The van der Waals surface area contributed by atoms with Gasteiger partial charge < -0.3 is 4.90 Å². The monoisotopic (exact) mass is 409 g/mol. The molecule has 1 aliphatic rings. The lowest BCUT2D eigenvalue weighted by Crippen LogP contribution is -2.49. The Labute approximate surface area is 173 Å². The Morgan fingerprint density at radius 2 is 2.00 bits per heavy atom. The van der Waals surface area contributed by atoms with Gasteiger partial charge in [0.2, 0.25) is 5.95 Å². The third-order valence-corrected chi connectivity index (χ3v) is 5.04. The highest BCUT2D eigenvalue weighted by Crippen LogP contribution is 2.30. The predicted octanol–water partition coefficient (Wildman–Crippen LogP) is 3.08. The van der Waals surface area contributed by atoms with Crippen LogP contribution in [0.15, 0.2) is 53.7 Å². The second-order valence-corrected chi connectivity index (χ2v) is 8.35. The van der Waals surface area contributed by atoms with Gasteiger partial charge in [0, 0.05) is 41.4 Å². The van der Waals surface area contributed by atoms with E-state index in [9.17, 15) is 9.59 Å². The molecule has 1 aromatic carbocycles. The van der Waals surface area contributed by atoms with Gasteiger partial charge >= 0.3 is 0 Å². The standard InChI is InChI=1S/C21H20ClN5O2/c1-21(2)11-26(10-18(28)14-4-3-5-15(22)8-14)20-25-17(9-19(29)27(20)12-21)16-6-7-23-13-24-16/h3-9,13H,10-12H2,1-2H3. The van der Waals surface area contributed by atoms with Gasteiger partial charge in [0.05, 0.1) is 17.9 Å². The molecule has 8 heteroatoms. The first kappa shape index (κ1) is 19.3. The van der Waals surface area contributed by atoms with Crippen LogP contribution in [0.25, 0.3) is 11.4 Å². The maximum Gasteiger partial charge on any atom is 0.255 e. The van der Waals surface area contributed by atoms with Crippen molar-refractivity contribution in [2.75, 3.05) is 18.0 Å². The summed E-state index contributed by atoms with van der Waals surface area (Å²) in [5.41, 5.74) is 1.19. The normalized spacial score (nSPS) is 15.1. The van der Waals surface area contributed by atoms with Crippen LogP contribution in [0.5, 0.6) is 0 Å². The van der Waals surface area contributed by atoms with Crippen LogP contribution in [0.4, 0.5) is 5.95 Å². The molecule has 148 valence electrons. The summed E-state index contributed by atoms with van der Waals surface area (Å²) >= 11 is 6.03. The summed E-state index contributed by atoms with van der Waals surface area (Å²) in [7, 11) is 0. The molecule has 0 spiro atoms. The van der Waals surface area contributed by atoms with Crippen LogP contribution < -0.4 is 10.5 Å². The third-order valence-electron chi connectivity index (χ3n) is 4.80. The van der Waals surface area contributed by atoms with Crippen molar-refractivity contribution < 1.29 is 4.79 Å². The summed E-state index contributed by atoms with van der Waals surface area (Å²) in [6.45, 7) is 5.36. The summed E-state index contributed by atoms with van der Waals surface area (Å²) in [6.07, 6.45) is 3.02. The molecular weight excluding hydrogens is 390 g/mol. The van der Waals surface area contributed by atoms with E-state index in [2.05, 4.69) is 28.8 Å². The molecule has 0 unspecified atom stereocenters. The highest BCUT2D eigenvalue weighted by atomic mass is 35.5. The van der Waals surface area contributed by atoms with Crippen molar-refractivity contribution in [2.24, 2.45) is 5.41 Å². The Bertz CT molecular complexity index is 1130. The molecule has 0 aliphatic carbocycles. The molecule has 0 atom stereocenters. The Hall–Kier alpha value is -3.06. The highest BCUT2D eigenvalue weighted by Gasteiger charge is 2.33. The molecule has 3 aromatic rings. The van der Waals surface area contributed by atoms with Crippen LogP contribution in [-0.4, -0.2) is 38.4 Å². The minimum absolute atomic E-state index is 0.0848. The van der Waals surface area contributed by atoms with Gasteiger partial charge in [-0.15, -0.1) is 0 Å². The van der Waals surface area contributed by atoms with E-state index in [0.717, 1.165) is 0 Å². The Morgan fingerprint density at radius 1 is 1.17 bits per heavy atom. The van der Waals surface area contributed by atoms with E-state index in [1.807, 2.05) is 4.90 Å². The number of hydrogen-bond donors (Lipinski definition) is 0. The fraction of sp³-hybridized carbons (Fsp3) is 0.286. The second kappa shape index (κ2) is 7.40. The molecule has 0 saturated heterocycles. The number of anilines is 1. The molecule has 0 radical (unpaired) electrons. The van der Waals surface area contributed by atoms with Gasteiger partial charge in [0.15, 0.2) is 5.78 Å². The van der Waals surface area contributed by atoms with Crippen LogP contribution in [0, 0.1) is 5.41 Å². The Morgan fingerprint density at radius 3 is 2.72 bits per heavy atom. The first-order valence-corrected chi connectivity index (χ1v) is 9.62. The topological polar surface area (TPSA) is 81.0 Å². The highest BCUT2D eigenvalue weighted by molar-refractivity contribution is 6.31. The van der Waals surface area contributed by atoms with Crippen LogP contribution in [0.1, 0.15) is 24.2 Å². The third kappa shape index (κ3) is 4.05. The minimum atomic E-state index is -0.191. The fourth-order valence-corrected chi connectivity index (χ4v) is 3.77. The number of benzene rings is 1. The van der Waals surface area contributed by atoms with Crippen LogP contribution in [0.2, 0.25) is 5.02 Å². The molecule has 7 nitrogen and oxygen atoms in total. The lowest BCUT2D eigenvalue weighted by molar-refractivity contribution is 0.0993. The van der Waals surface area contributed by atoms with E-state index in [-0.39, 0.29) is 23.3 Å². The zero-order valence-corrected chi connectivity index (χ0v) is 16.9. The molecule has 3 heterocycles. The zero-order valence-electron chi connectivity index (χ0n) is 16.2. The number of Topliss-reactive ketones (excluding diaryl/α,β-unsaturated/α-hetero) is 1. The van der Waals surface area contributed by atoms with Gasteiger partial charge in [0.25, 0.3) is 5.56 Å². The van der Waals surface area contributed by atoms with Crippen LogP contribution >= 0.6 is 11.6 Å². The fourth-order valence-electron chi connectivity index (χ4n) is 3.58. The number of carbonyl (C=O) groups excluding carboxylic acids is 1. The van der Waals surface area contributed by atoms with Crippen molar-refractivity contribution in [3.05, 3.63) is 69.9 Å². The summed E-state index contributed by atoms with van der Waals surface area (Å²) in [5, 5.41) is 0.510.